The van der Waals surface area contributed by atoms with Crippen LogP contribution < -0.4 is 10.2 Å². The van der Waals surface area contributed by atoms with E-state index in [4.69, 9.17) is 0 Å². The number of rotatable bonds is 9. The van der Waals surface area contributed by atoms with Gasteiger partial charge in [-0.05, 0) is 67.6 Å². The summed E-state index contributed by atoms with van der Waals surface area (Å²) in [7, 11) is 0. The molecule has 0 bridgehead atoms. The van der Waals surface area contributed by atoms with Gasteiger partial charge in [-0.3, -0.25) is 19.5 Å². The fourth-order valence-corrected chi connectivity index (χ4v) is 4.09. The summed E-state index contributed by atoms with van der Waals surface area (Å²) >= 11 is 0. The first-order valence-electron chi connectivity index (χ1n) is 12.2. The number of hydrogen-bond donors (Lipinski definition) is 1. The lowest BCUT2D eigenvalue weighted by Gasteiger charge is -2.32. The van der Waals surface area contributed by atoms with Crippen LogP contribution in [0.2, 0.25) is 0 Å². The van der Waals surface area contributed by atoms with Gasteiger partial charge in [-0.2, -0.15) is 0 Å². The van der Waals surface area contributed by atoms with Gasteiger partial charge in [0.05, 0.1) is 5.52 Å². The first kappa shape index (κ1) is 25.0. The van der Waals surface area contributed by atoms with Gasteiger partial charge in [-0.25, -0.2) is 4.68 Å². The molecule has 186 valence electrons. The zero-order chi connectivity index (χ0) is 25.7. The van der Waals surface area contributed by atoms with Crippen LogP contribution >= 0.6 is 0 Å². The van der Waals surface area contributed by atoms with Crippen LogP contribution in [0.25, 0.3) is 11.0 Å². The Balaban J connectivity index is 1.77. The molecule has 0 aliphatic carbocycles. The monoisotopic (exact) mass is 484 g/mol. The van der Waals surface area contributed by atoms with Crippen LogP contribution in [0.4, 0.5) is 5.69 Å². The largest absolute Gasteiger partial charge is 0.354 e. The number of para-hydroxylation sites is 1. The molecule has 1 unspecified atom stereocenters. The highest BCUT2D eigenvalue weighted by molar-refractivity contribution is 6.01. The van der Waals surface area contributed by atoms with Crippen molar-refractivity contribution in [3.63, 3.8) is 0 Å². The molecule has 8 nitrogen and oxygen atoms in total. The molecule has 0 aliphatic heterocycles. The summed E-state index contributed by atoms with van der Waals surface area (Å²) < 4.78 is 1.57. The van der Waals surface area contributed by atoms with Crippen molar-refractivity contribution in [3.8, 4) is 0 Å². The number of carbonyl (C=O) groups is 2. The van der Waals surface area contributed by atoms with E-state index in [1.807, 2.05) is 62.4 Å². The number of aromatic nitrogens is 4. The van der Waals surface area contributed by atoms with Crippen LogP contribution in [0, 0.1) is 19.8 Å². The van der Waals surface area contributed by atoms with Crippen LogP contribution in [0.15, 0.2) is 67.0 Å². The van der Waals surface area contributed by atoms with Crippen LogP contribution in [-0.4, -0.2) is 38.3 Å². The van der Waals surface area contributed by atoms with Gasteiger partial charge in [0.1, 0.15) is 18.1 Å². The van der Waals surface area contributed by atoms with Gasteiger partial charge in [-0.1, -0.05) is 43.3 Å². The number of fused-ring (bicyclic) bond motifs is 1. The van der Waals surface area contributed by atoms with E-state index < -0.39 is 6.04 Å². The molecule has 0 radical (unpaired) electrons. The fraction of sp³-hybridized carbons (Fsp3) is 0.321. The molecule has 2 amide bonds. The number of nitrogens with one attached hydrogen (secondary N) is 1. The second kappa shape index (κ2) is 11.1. The summed E-state index contributed by atoms with van der Waals surface area (Å²) in [5.41, 5.74) is 4.87. The van der Waals surface area contributed by atoms with Gasteiger partial charge < -0.3 is 5.32 Å². The minimum Gasteiger partial charge on any atom is -0.354 e. The molecule has 1 atom stereocenters. The summed E-state index contributed by atoms with van der Waals surface area (Å²) in [5.74, 6) is -0.0827. The Hall–Kier alpha value is -4.07. The van der Waals surface area contributed by atoms with Crippen molar-refractivity contribution >= 4 is 28.5 Å². The standard InChI is InChI=1S/C28H32N6O2/c1-19(2)13-15-30-28(36)27(22-8-7-14-29-17-22)34(23-12-11-20(3)21(4)16-23)26(35)18-33-25-10-6-5-9-24(25)31-32-33/h5-12,14,16-17,19,27H,13,15,18H2,1-4H3,(H,30,36). The maximum atomic E-state index is 14.0. The van der Waals surface area contributed by atoms with Crippen molar-refractivity contribution in [2.24, 2.45) is 5.92 Å². The number of benzene rings is 2. The summed E-state index contributed by atoms with van der Waals surface area (Å²) in [6.07, 6.45) is 4.13. The number of pyridine rings is 1. The summed E-state index contributed by atoms with van der Waals surface area (Å²) in [4.78, 5) is 33.4. The van der Waals surface area contributed by atoms with Crippen molar-refractivity contribution in [1.82, 2.24) is 25.3 Å². The Kier molecular flexibility index (Phi) is 7.73. The molecule has 0 aliphatic rings. The topological polar surface area (TPSA) is 93.0 Å². The van der Waals surface area contributed by atoms with E-state index in [0.717, 1.165) is 23.1 Å². The normalized spacial score (nSPS) is 12.0. The third kappa shape index (κ3) is 5.59. The minimum absolute atomic E-state index is 0.0660. The Labute approximate surface area is 211 Å². The number of anilines is 1. The van der Waals surface area contributed by atoms with Crippen molar-refractivity contribution in [2.45, 2.75) is 46.7 Å². The number of aryl methyl sites for hydroxylation is 2. The Bertz CT molecular complexity index is 1350. The molecule has 4 aromatic rings. The molecule has 4 rings (SSSR count). The highest BCUT2D eigenvalue weighted by atomic mass is 16.2. The van der Waals surface area contributed by atoms with E-state index in [-0.39, 0.29) is 18.4 Å². The van der Waals surface area contributed by atoms with E-state index in [2.05, 4.69) is 34.5 Å². The lowest BCUT2D eigenvalue weighted by Crippen LogP contribution is -2.45. The molecule has 0 saturated heterocycles. The first-order chi connectivity index (χ1) is 17.3. The molecule has 1 N–H and O–H groups in total. The predicted molar refractivity (Wildman–Crippen MR) is 140 cm³/mol. The number of carbonyl (C=O) groups excluding carboxylic acids is 2. The van der Waals surface area contributed by atoms with Gasteiger partial charge in [0.15, 0.2) is 0 Å². The lowest BCUT2D eigenvalue weighted by molar-refractivity contribution is -0.127. The van der Waals surface area contributed by atoms with E-state index in [1.165, 1.54) is 0 Å². The maximum Gasteiger partial charge on any atom is 0.249 e. The minimum atomic E-state index is -0.893. The van der Waals surface area contributed by atoms with E-state index >= 15 is 0 Å². The molecular formula is C28H32N6O2. The molecular weight excluding hydrogens is 452 g/mol. The van der Waals surface area contributed by atoms with E-state index in [9.17, 15) is 9.59 Å². The van der Waals surface area contributed by atoms with Gasteiger partial charge in [-0.15, -0.1) is 5.10 Å². The molecule has 0 fully saturated rings. The quantitative estimate of drug-likeness (QED) is 0.381. The first-order valence-corrected chi connectivity index (χ1v) is 12.2. The summed E-state index contributed by atoms with van der Waals surface area (Å²) in [6, 6.07) is 16.0. The highest BCUT2D eigenvalue weighted by Crippen LogP contribution is 2.30. The van der Waals surface area contributed by atoms with E-state index in [0.29, 0.717) is 29.2 Å². The zero-order valence-corrected chi connectivity index (χ0v) is 21.2. The smallest absolute Gasteiger partial charge is 0.249 e. The molecule has 36 heavy (non-hydrogen) atoms. The Morgan fingerprint density at radius 3 is 2.56 bits per heavy atom. The van der Waals surface area contributed by atoms with Crippen LogP contribution in [0.1, 0.15) is 43.0 Å². The Morgan fingerprint density at radius 1 is 1.03 bits per heavy atom. The zero-order valence-electron chi connectivity index (χ0n) is 21.2. The van der Waals surface area contributed by atoms with Crippen molar-refractivity contribution in [3.05, 3.63) is 83.7 Å². The SMILES string of the molecule is Cc1ccc(N(C(=O)Cn2nnc3ccccc32)C(C(=O)NCCC(C)C)c2cccnc2)cc1C. The second-order valence-electron chi connectivity index (χ2n) is 9.43. The number of amides is 2. The molecule has 0 spiro atoms. The lowest BCUT2D eigenvalue weighted by atomic mass is 10.0. The third-order valence-corrected chi connectivity index (χ3v) is 6.27. The third-order valence-electron chi connectivity index (χ3n) is 6.27. The predicted octanol–water partition coefficient (Wildman–Crippen LogP) is 4.38. The van der Waals surface area contributed by atoms with Crippen molar-refractivity contribution in [2.75, 3.05) is 11.4 Å². The van der Waals surface area contributed by atoms with Gasteiger partial charge in [0, 0.05) is 30.2 Å². The van der Waals surface area contributed by atoms with Crippen LogP contribution in [-0.2, 0) is 16.1 Å². The fourth-order valence-electron chi connectivity index (χ4n) is 4.09. The molecule has 2 aromatic carbocycles. The molecule has 0 saturated carbocycles. The van der Waals surface area contributed by atoms with Crippen molar-refractivity contribution < 1.29 is 9.59 Å². The van der Waals surface area contributed by atoms with Gasteiger partial charge in [0.2, 0.25) is 11.8 Å². The molecule has 8 heteroatoms. The molecule has 2 aromatic heterocycles. The Morgan fingerprint density at radius 2 is 1.83 bits per heavy atom. The molecule has 2 heterocycles. The van der Waals surface area contributed by atoms with Crippen LogP contribution in [0.5, 0.6) is 0 Å². The van der Waals surface area contributed by atoms with Crippen LogP contribution in [0.3, 0.4) is 0 Å². The highest BCUT2D eigenvalue weighted by Gasteiger charge is 2.33. The number of nitrogens with zero attached hydrogens (tertiary/aromatic N) is 5. The second-order valence-corrected chi connectivity index (χ2v) is 9.43. The average Bonchev–Trinajstić information content (AvgIpc) is 3.27. The number of hydrogen-bond acceptors (Lipinski definition) is 5. The van der Waals surface area contributed by atoms with E-state index in [1.54, 1.807) is 28.0 Å². The summed E-state index contributed by atoms with van der Waals surface area (Å²) in [5, 5.41) is 11.4. The van der Waals surface area contributed by atoms with Gasteiger partial charge in [0.25, 0.3) is 0 Å². The average molecular weight is 485 g/mol. The summed E-state index contributed by atoms with van der Waals surface area (Å²) in [6.45, 7) is 8.69. The van der Waals surface area contributed by atoms with Gasteiger partial charge >= 0.3 is 0 Å². The van der Waals surface area contributed by atoms with Crippen molar-refractivity contribution in [1.29, 1.82) is 0 Å². The maximum absolute atomic E-state index is 14.0.